The van der Waals surface area contributed by atoms with Crippen molar-refractivity contribution in [2.24, 2.45) is 5.92 Å². The van der Waals surface area contributed by atoms with Crippen LogP contribution in [0.15, 0.2) is 0 Å². The second-order valence-corrected chi connectivity index (χ2v) is 2.39. The standard InChI is InChI=1S/C7H15/c1-4-5-6-7(2)3/h7H,1,4-6H2,2-3H3/q-1. The summed E-state index contributed by atoms with van der Waals surface area (Å²) in [7, 11) is 0. The van der Waals surface area contributed by atoms with E-state index < -0.39 is 0 Å². The van der Waals surface area contributed by atoms with E-state index in [0.29, 0.717) is 0 Å². The number of rotatable bonds is 3. The van der Waals surface area contributed by atoms with Gasteiger partial charge in [-0.25, -0.2) is 0 Å². The minimum atomic E-state index is 0.863. The molecule has 0 heteroatoms. The largest absolute Gasteiger partial charge is 0.343 e. The molecule has 0 aliphatic rings. The zero-order valence-corrected chi connectivity index (χ0v) is 5.41. The average Bonchev–Trinajstić information content (AvgIpc) is 1.61. The monoisotopic (exact) mass is 99.1 g/mol. The van der Waals surface area contributed by atoms with Gasteiger partial charge in [0.1, 0.15) is 0 Å². The molecule has 0 saturated carbocycles. The van der Waals surface area contributed by atoms with Gasteiger partial charge < -0.3 is 6.92 Å². The number of unbranched alkanes of at least 4 members (excludes halogenated alkanes) is 1. The molecule has 0 aliphatic heterocycles. The fraction of sp³-hybridized carbons (Fsp3) is 0.857. The molecule has 0 aromatic heterocycles. The second-order valence-electron chi connectivity index (χ2n) is 2.39. The van der Waals surface area contributed by atoms with Crippen LogP contribution in [0, 0.1) is 12.8 Å². The summed E-state index contributed by atoms with van der Waals surface area (Å²) in [6.45, 7) is 8.25. The Bertz CT molecular complexity index is 29.0. The molecule has 0 unspecified atom stereocenters. The molecule has 44 valence electrons. The fourth-order valence-electron chi connectivity index (χ4n) is 0.553. The lowest BCUT2D eigenvalue weighted by Crippen LogP contribution is -1.84. The summed E-state index contributed by atoms with van der Waals surface area (Å²) in [6, 6.07) is 0. The van der Waals surface area contributed by atoms with Gasteiger partial charge in [0.15, 0.2) is 0 Å². The lowest BCUT2D eigenvalue weighted by molar-refractivity contribution is 0.559. The Morgan fingerprint density at radius 1 is 1.43 bits per heavy atom. The second kappa shape index (κ2) is 4.17. The highest BCUT2D eigenvalue weighted by Gasteiger charge is 1.86. The summed E-state index contributed by atoms with van der Waals surface area (Å²) in [5.41, 5.74) is 0. The van der Waals surface area contributed by atoms with Crippen LogP contribution in [-0.4, -0.2) is 0 Å². The van der Waals surface area contributed by atoms with Crippen LogP contribution < -0.4 is 0 Å². The predicted molar refractivity (Wildman–Crippen MR) is 34.0 cm³/mol. The maximum Gasteiger partial charge on any atom is -0.0472 e. The van der Waals surface area contributed by atoms with Crippen molar-refractivity contribution < 1.29 is 0 Å². The molecule has 0 atom stereocenters. The summed E-state index contributed by atoms with van der Waals surface area (Å²) in [5, 5.41) is 0. The Hall–Kier alpha value is 0. The van der Waals surface area contributed by atoms with E-state index in [-0.39, 0.29) is 0 Å². The first-order valence-electron chi connectivity index (χ1n) is 3.06. The van der Waals surface area contributed by atoms with Crippen molar-refractivity contribution in [1.29, 1.82) is 0 Å². The van der Waals surface area contributed by atoms with Crippen LogP contribution >= 0.6 is 0 Å². The third-order valence-electron chi connectivity index (χ3n) is 1.03. The lowest BCUT2D eigenvalue weighted by Gasteiger charge is -2.01. The van der Waals surface area contributed by atoms with Gasteiger partial charge in [-0.3, -0.25) is 0 Å². The maximum absolute atomic E-state index is 3.76. The molecule has 0 rings (SSSR count). The topological polar surface area (TPSA) is 0 Å². The van der Waals surface area contributed by atoms with Crippen molar-refractivity contribution in [3.05, 3.63) is 6.92 Å². The molecule has 0 fully saturated rings. The van der Waals surface area contributed by atoms with Crippen LogP contribution in [0.2, 0.25) is 0 Å². The van der Waals surface area contributed by atoms with E-state index in [1.807, 2.05) is 0 Å². The smallest absolute Gasteiger partial charge is 0.0472 e. The third-order valence-corrected chi connectivity index (χ3v) is 1.03. The quantitative estimate of drug-likeness (QED) is 0.477. The van der Waals surface area contributed by atoms with E-state index in [4.69, 9.17) is 0 Å². The SMILES string of the molecule is [CH2-]CCCC(C)C. The summed E-state index contributed by atoms with van der Waals surface area (Å²) < 4.78 is 0. The molecule has 0 spiro atoms. The van der Waals surface area contributed by atoms with Crippen LogP contribution in [-0.2, 0) is 0 Å². The Kier molecular flexibility index (Phi) is 4.17. The van der Waals surface area contributed by atoms with Crippen LogP contribution in [0.5, 0.6) is 0 Å². The van der Waals surface area contributed by atoms with E-state index in [2.05, 4.69) is 20.8 Å². The number of hydrogen-bond acceptors (Lipinski definition) is 0. The molecule has 0 N–H and O–H groups in total. The Morgan fingerprint density at radius 2 is 2.00 bits per heavy atom. The van der Waals surface area contributed by atoms with E-state index in [1.165, 1.54) is 12.8 Å². The van der Waals surface area contributed by atoms with Crippen LogP contribution in [0.4, 0.5) is 0 Å². The van der Waals surface area contributed by atoms with Crippen molar-refractivity contribution in [3.8, 4) is 0 Å². The van der Waals surface area contributed by atoms with Gasteiger partial charge in [-0.2, -0.15) is 6.42 Å². The molecule has 0 nitrogen and oxygen atoms in total. The van der Waals surface area contributed by atoms with Crippen molar-refractivity contribution in [2.75, 3.05) is 0 Å². The normalized spacial score (nSPS) is 10.3. The average molecular weight is 99.2 g/mol. The van der Waals surface area contributed by atoms with Gasteiger partial charge in [0.2, 0.25) is 0 Å². The third kappa shape index (κ3) is 6.00. The molecule has 0 bridgehead atoms. The molecule has 0 saturated heterocycles. The van der Waals surface area contributed by atoms with E-state index >= 15 is 0 Å². The molecule has 0 amide bonds. The molecule has 0 heterocycles. The molecule has 0 radical (unpaired) electrons. The molecule has 0 aromatic carbocycles. The maximum atomic E-state index is 3.76. The van der Waals surface area contributed by atoms with Gasteiger partial charge in [0.25, 0.3) is 0 Å². The Labute approximate surface area is 46.9 Å². The van der Waals surface area contributed by atoms with Crippen molar-refractivity contribution >= 4 is 0 Å². The number of hydrogen-bond donors (Lipinski definition) is 0. The summed E-state index contributed by atoms with van der Waals surface area (Å²) in [4.78, 5) is 0. The van der Waals surface area contributed by atoms with E-state index in [9.17, 15) is 0 Å². The van der Waals surface area contributed by atoms with Gasteiger partial charge >= 0.3 is 0 Å². The van der Waals surface area contributed by atoms with Crippen molar-refractivity contribution in [2.45, 2.75) is 33.1 Å². The lowest BCUT2D eigenvalue weighted by atomic mass is 10.1. The molecular formula is C7H15-. The van der Waals surface area contributed by atoms with Gasteiger partial charge in [-0.15, -0.1) is 0 Å². The Morgan fingerprint density at radius 3 is 2.14 bits per heavy atom. The summed E-state index contributed by atoms with van der Waals surface area (Å²) in [5.74, 6) is 0.863. The zero-order valence-electron chi connectivity index (χ0n) is 5.41. The predicted octanol–water partition coefficient (Wildman–Crippen LogP) is 2.65. The first kappa shape index (κ1) is 7.00. The highest BCUT2D eigenvalue weighted by atomic mass is 13.9. The van der Waals surface area contributed by atoms with Gasteiger partial charge in [-0.05, 0) is 5.92 Å². The zero-order chi connectivity index (χ0) is 5.70. The van der Waals surface area contributed by atoms with Gasteiger partial charge in [0, 0.05) is 0 Å². The fourth-order valence-corrected chi connectivity index (χ4v) is 0.553. The van der Waals surface area contributed by atoms with E-state index in [1.54, 1.807) is 0 Å². The highest BCUT2D eigenvalue weighted by molar-refractivity contribution is 4.46. The first-order chi connectivity index (χ1) is 3.27. The summed E-state index contributed by atoms with van der Waals surface area (Å²) in [6.07, 6.45) is 3.72. The molecule has 7 heavy (non-hydrogen) atoms. The minimum Gasteiger partial charge on any atom is -0.343 e. The van der Waals surface area contributed by atoms with Crippen molar-refractivity contribution in [1.82, 2.24) is 0 Å². The highest BCUT2D eigenvalue weighted by Crippen LogP contribution is 2.04. The van der Waals surface area contributed by atoms with Crippen LogP contribution in [0.25, 0.3) is 0 Å². The minimum absolute atomic E-state index is 0.863. The van der Waals surface area contributed by atoms with Gasteiger partial charge in [-0.1, -0.05) is 26.7 Å². The van der Waals surface area contributed by atoms with Crippen LogP contribution in [0.3, 0.4) is 0 Å². The summed E-state index contributed by atoms with van der Waals surface area (Å²) >= 11 is 0. The van der Waals surface area contributed by atoms with Gasteiger partial charge in [0.05, 0.1) is 0 Å². The van der Waals surface area contributed by atoms with E-state index in [0.717, 1.165) is 12.3 Å². The van der Waals surface area contributed by atoms with Crippen LogP contribution in [0.1, 0.15) is 33.1 Å². The molecule has 0 aliphatic carbocycles. The molecular weight excluding hydrogens is 84.1 g/mol. The Balaban J connectivity index is 2.68. The van der Waals surface area contributed by atoms with Crippen molar-refractivity contribution in [3.63, 3.8) is 0 Å². The molecule has 0 aromatic rings. The first-order valence-corrected chi connectivity index (χ1v) is 3.06.